The van der Waals surface area contributed by atoms with Gasteiger partial charge in [-0.15, -0.1) is 0 Å². The van der Waals surface area contributed by atoms with Crippen molar-refractivity contribution in [2.45, 2.75) is 46.0 Å². The lowest BCUT2D eigenvalue weighted by molar-refractivity contribution is -0.117. The zero-order valence-corrected chi connectivity index (χ0v) is 9.90. The van der Waals surface area contributed by atoms with E-state index in [1.165, 1.54) is 6.92 Å². The first-order valence-electron chi connectivity index (χ1n) is 5.18. The van der Waals surface area contributed by atoms with E-state index in [1.807, 2.05) is 6.92 Å². The molecule has 0 heterocycles. The minimum Gasteiger partial charge on any atom is -0.300 e. The summed E-state index contributed by atoms with van der Waals surface area (Å²) in [7, 11) is -2.90. The average Bonchev–Trinajstić information content (AvgIpc) is 2.03. The van der Waals surface area contributed by atoms with Crippen LogP contribution in [0.15, 0.2) is 0 Å². The van der Waals surface area contributed by atoms with Crippen molar-refractivity contribution < 1.29 is 13.2 Å². The molecule has 0 amide bonds. The Morgan fingerprint density at radius 3 is 2.14 bits per heavy atom. The van der Waals surface area contributed by atoms with Gasteiger partial charge >= 0.3 is 0 Å². The van der Waals surface area contributed by atoms with Crippen LogP contribution >= 0.6 is 0 Å². The Morgan fingerprint density at radius 1 is 1.07 bits per heavy atom. The van der Waals surface area contributed by atoms with Gasteiger partial charge in [-0.05, 0) is 19.8 Å². The molecule has 0 radical (unpaired) electrons. The third-order valence-electron chi connectivity index (χ3n) is 2.04. The van der Waals surface area contributed by atoms with Gasteiger partial charge in [-0.1, -0.05) is 19.8 Å². The van der Waals surface area contributed by atoms with Crippen LogP contribution < -0.4 is 0 Å². The van der Waals surface area contributed by atoms with Crippen molar-refractivity contribution in [3.63, 3.8) is 0 Å². The second-order valence-corrected chi connectivity index (χ2v) is 5.97. The Morgan fingerprint density at radius 2 is 1.64 bits per heavy atom. The number of carbonyl (C=O) groups excluding carboxylic acids is 1. The van der Waals surface area contributed by atoms with E-state index in [0.29, 0.717) is 12.8 Å². The van der Waals surface area contributed by atoms with Crippen molar-refractivity contribution >= 4 is 15.6 Å². The van der Waals surface area contributed by atoms with E-state index in [9.17, 15) is 13.2 Å². The van der Waals surface area contributed by atoms with Crippen molar-refractivity contribution in [2.24, 2.45) is 0 Å². The second-order valence-electron chi connectivity index (χ2n) is 3.66. The van der Waals surface area contributed by atoms with Crippen LogP contribution in [0.4, 0.5) is 0 Å². The summed E-state index contributed by atoms with van der Waals surface area (Å²) in [5, 5.41) is 0. The normalized spacial score (nSPS) is 11.6. The highest BCUT2D eigenvalue weighted by Crippen LogP contribution is 2.03. The molecule has 0 aromatic heterocycles. The Labute approximate surface area is 86.8 Å². The van der Waals surface area contributed by atoms with E-state index >= 15 is 0 Å². The lowest BCUT2D eigenvalue weighted by Gasteiger charge is -2.02. The van der Waals surface area contributed by atoms with E-state index in [1.54, 1.807) is 0 Å². The summed E-state index contributed by atoms with van der Waals surface area (Å²) in [6.45, 7) is 3.53. The van der Waals surface area contributed by atoms with Crippen LogP contribution in [0.25, 0.3) is 0 Å². The fourth-order valence-corrected chi connectivity index (χ4v) is 2.65. The van der Waals surface area contributed by atoms with Crippen molar-refractivity contribution in [1.29, 1.82) is 0 Å². The maximum absolute atomic E-state index is 11.4. The Balaban J connectivity index is 3.67. The van der Waals surface area contributed by atoms with Crippen LogP contribution in [0.5, 0.6) is 0 Å². The lowest BCUT2D eigenvalue weighted by Crippen LogP contribution is -2.11. The van der Waals surface area contributed by atoms with Crippen LogP contribution in [0, 0.1) is 0 Å². The van der Waals surface area contributed by atoms with Crippen LogP contribution in [0.1, 0.15) is 46.0 Å². The number of hydrogen-bond acceptors (Lipinski definition) is 3. The Hall–Kier alpha value is -0.380. The molecule has 0 rings (SSSR count). The summed E-state index contributed by atoms with van der Waals surface area (Å²) in [5.41, 5.74) is 0. The van der Waals surface area contributed by atoms with Gasteiger partial charge in [-0.3, -0.25) is 0 Å². The average molecular weight is 220 g/mol. The van der Waals surface area contributed by atoms with Gasteiger partial charge in [-0.25, -0.2) is 8.42 Å². The number of Topliss-reactive ketones (excluding diaryl/α,β-unsaturated/α-hetero) is 1. The number of rotatable bonds is 8. The zero-order valence-electron chi connectivity index (χ0n) is 9.08. The fraction of sp³-hybridized carbons (Fsp3) is 0.900. The minimum atomic E-state index is -2.90. The quantitative estimate of drug-likeness (QED) is 0.588. The molecule has 0 aromatic carbocycles. The first-order valence-corrected chi connectivity index (χ1v) is 7.00. The summed E-state index contributed by atoms with van der Waals surface area (Å²) in [4.78, 5) is 10.6. The molecule has 0 bridgehead atoms. The molecule has 0 fully saturated rings. The highest BCUT2D eigenvalue weighted by atomic mass is 32.2. The van der Waals surface area contributed by atoms with E-state index in [0.717, 1.165) is 19.3 Å². The number of ketones is 1. The van der Waals surface area contributed by atoms with Gasteiger partial charge in [0.25, 0.3) is 0 Å². The summed E-state index contributed by atoms with van der Waals surface area (Å²) >= 11 is 0. The smallest absolute Gasteiger partial charge is 0.150 e. The SMILES string of the molecule is CCCCCS(=O)(=O)CCCC(C)=O. The first kappa shape index (κ1) is 13.6. The van der Waals surface area contributed by atoms with Gasteiger partial charge in [-0.2, -0.15) is 0 Å². The zero-order chi connectivity index (χ0) is 11.0. The molecule has 0 unspecified atom stereocenters. The van der Waals surface area contributed by atoms with Crippen molar-refractivity contribution in [3.8, 4) is 0 Å². The van der Waals surface area contributed by atoms with Gasteiger partial charge in [0.15, 0.2) is 0 Å². The van der Waals surface area contributed by atoms with Crippen molar-refractivity contribution in [3.05, 3.63) is 0 Å². The molecule has 0 aromatic rings. The summed E-state index contributed by atoms with van der Waals surface area (Å²) < 4.78 is 22.8. The number of sulfone groups is 1. The predicted octanol–water partition coefficient (Wildman–Crippen LogP) is 1.96. The molecule has 14 heavy (non-hydrogen) atoms. The van der Waals surface area contributed by atoms with Crippen LogP contribution in [-0.2, 0) is 14.6 Å². The molecule has 0 spiro atoms. The van der Waals surface area contributed by atoms with Crippen LogP contribution in [0.2, 0.25) is 0 Å². The van der Waals surface area contributed by atoms with Crippen LogP contribution in [0.3, 0.4) is 0 Å². The molecule has 84 valence electrons. The van der Waals surface area contributed by atoms with E-state index < -0.39 is 9.84 Å². The third-order valence-corrected chi connectivity index (χ3v) is 3.86. The molecular formula is C10H20O3S. The predicted molar refractivity (Wildman–Crippen MR) is 58.1 cm³/mol. The lowest BCUT2D eigenvalue weighted by atomic mass is 10.3. The van der Waals surface area contributed by atoms with Crippen molar-refractivity contribution in [1.82, 2.24) is 0 Å². The molecule has 0 saturated heterocycles. The molecule has 0 aliphatic heterocycles. The summed E-state index contributed by atoms with van der Waals surface area (Å²) in [6, 6.07) is 0. The molecule has 0 saturated carbocycles. The van der Waals surface area contributed by atoms with Gasteiger partial charge in [0.1, 0.15) is 15.6 Å². The monoisotopic (exact) mass is 220 g/mol. The van der Waals surface area contributed by atoms with Crippen LogP contribution in [-0.4, -0.2) is 25.7 Å². The Bertz CT molecular complexity index is 255. The van der Waals surface area contributed by atoms with Gasteiger partial charge in [0.2, 0.25) is 0 Å². The molecule has 0 aliphatic rings. The van der Waals surface area contributed by atoms with E-state index in [-0.39, 0.29) is 17.3 Å². The minimum absolute atomic E-state index is 0.0637. The molecule has 0 N–H and O–H groups in total. The van der Waals surface area contributed by atoms with Crippen molar-refractivity contribution in [2.75, 3.05) is 11.5 Å². The maximum atomic E-state index is 11.4. The first-order chi connectivity index (χ1) is 6.48. The van der Waals surface area contributed by atoms with E-state index in [2.05, 4.69) is 0 Å². The Kier molecular flexibility index (Phi) is 6.79. The number of unbranched alkanes of at least 4 members (excludes halogenated alkanes) is 2. The molecular weight excluding hydrogens is 200 g/mol. The molecule has 0 aliphatic carbocycles. The van der Waals surface area contributed by atoms with Gasteiger partial charge in [0.05, 0.1) is 11.5 Å². The largest absolute Gasteiger partial charge is 0.300 e. The summed E-state index contributed by atoms with van der Waals surface area (Å²) in [5.74, 6) is 0.503. The fourth-order valence-electron chi connectivity index (χ4n) is 1.22. The molecule has 3 nitrogen and oxygen atoms in total. The molecule has 0 atom stereocenters. The topological polar surface area (TPSA) is 51.2 Å². The third kappa shape index (κ3) is 8.23. The maximum Gasteiger partial charge on any atom is 0.150 e. The highest BCUT2D eigenvalue weighted by Gasteiger charge is 2.09. The number of carbonyl (C=O) groups is 1. The summed E-state index contributed by atoms with van der Waals surface area (Å²) in [6.07, 6.45) is 3.60. The van der Waals surface area contributed by atoms with E-state index in [4.69, 9.17) is 0 Å². The van der Waals surface area contributed by atoms with Gasteiger partial charge < -0.3 is 4.79 Å². The highest BCUT2D eigenvalue weighted by molar-refractivity contribution is 7.91. The molecule has 4 heteroatoms. The standard InChI is InChI=1S/C10H20O3S/c1-3-4-5-8-14(12,13)9-6-7-10(2)11/h3-9H2,1-2H3. The number of hydrogen-bond donors (Lipinski definition) is 0. The second kappa shape index (κ2) is 6.98. The van der Waals surface area contributed by atoms with Gasteiger partial charge in [0, 0.05) is 6.42 Å².